The SMILES string of the molecule is NNc1nnc(CN2CCC2C(N)=O)s1. The predicted octanol–water partition coefficient (Wildman–Crippen LogP) is -1.12. The van der Waals surface area contributed by atoms with E-state index in [4.69, 9.17) is 11.6 Å². The number of nitrogens with two attached hydrogens (primary N) is 2. The zero-order valence-corrected chi connectivity index (χ0v) is 8.83. The van der Waals surface area contributed by atoms with Gasteiger partial charge in [-0.1, -0.05) is 11.3 Å². The van der Waals surface area contributed by atoms with Gasteiger partial charge in [-0.15, -0.1) is 10.2 Å². The first-order valence-electron chi connectivity index (χ1n) is 4.53. The van der Waals surface area contributed by atoms with Crippen LogP contribution in [0.25, 0.3) is 0 Å². The molecule has 1 amide bonds. The molecule has 0 aromatic carbocycles. The number of aromatic nitrogens is 2. The van der Waals surface area contributed by atoms with E-state index in [1.165, 1.54) is 11.3 Å². The highest BCUT2D eigenvalue weighted by molar-refractivity contribution is 7.15. The lowest BCUT2D eigenvalue weighted by molar-refractivity contribution is -0.127. The molecule has 0 bridgehead atoms. The zero-order valence-electron chi connectivity index (χ0n) is 8.01. The largest absolute Gasteiger partial charge is 0.368 e. The molecule has 0 aliphatic carbocycles. The first-order chi connectivity index (χ1) is 7.20. The Morgan fingerprint density at radius 1 is 1.67 bits per heavy atom. The number of hydrogen-bond acceptors (Lipinski definition) is 7. The maximum absolute atomic E-state index is 11.0. The number of nitrogen functional groups attached to an aromatic ring is 1. The fraction of sp³-hybridized carbons (Fsp3) is 0.571. The lowest BCUT2D eigenvalue weighted by Gasteiger charge is -2.37. The van der Waals surface area contributed by atoms with E-state index < -0.39 is 0 Å². The first-order valence-corrected chi connectivity index (χ1v) is 5.34. The second kappa shape index (κ2) is 4.09. The third-order valence-corrected chi connectivity index (χ3v) is 3.23. The number of rotatable bonds is 4. The average Bonchev–Trinajstić information content (AvgIpc) is 2.59. The van der Waals surface area contributed by atoms with Gasteiger partial charge in [-0.05, 0) is 6.42 Å². The summed E-state index contributed by atoms with van der Waals surface area (Å²) in [5, 5.41) is 9.14. The minimum absolute atomic E-state index is 0.150. The van der Waals surface area contributed by atoms with Crippen molar-refractivity contribution < 1.29 is 4.79 Å². The molecule has 0 spiro atoms. The van der Waals surface area contributed by atoms with Gasteiger partial charge in [0, 0.05) is 6.54 Å². The van der Waals surface area contributed by atoms with E-state index in [9.17, 15) is 4.79 Å². The van der Waals surface area contributed by atoms with Gasteiger partial charge in [0.25, 0.3) is 0 Å². The number of hydrogen-bond donors (Lipinski definition) is 3. The van der Waals surface area contributed by atoms with Gasteiger partial charge in [-0.3, -0.25) is 15.1 Å². The average molecular weight is 228 g/mol. The Morgan fingerprint density at radius 2 is 2.47 bits per heavy atom. The van der Waals surface area contributed by atoms with Gasteiger partial charge in [0.05, 0.1) is 12.6 Å². The summed E-state index contributed by atoms with van der Waals surface area (Å²) in [6.07, 6.45) is 0.829. The summed E-state index contributed by atoms with van der Waals surface area (Å²) >= 11 is 1.37. The number of nitrogens with zero attached hydrogens (tertiary/aromatic N) is 3. The van der Waals surface area contributed by atoms with Crippen LogP contribution in [-0.4, -0.2) is 33.6 Å². The van der Waals surface area contributed by atoms with Crippen LogP contribution in [0.1, 0.15) is 11.4 Å². The summed E-state index contributed by atoms with van der Waals surface area (Å²) in [7, 11) is 0. The van der Waals surface area contributed by atoms with Crippen molar-refractivity contribution in [3.05, 3.63) is 5.01 Å². The van der Waals surface area contributed by atoms with Crippen molar-refractivity contribution >= 4 is 22.4 Å². The normalized spacial score (nSPS) is 21.0. The summed E-state index contributed by atoms with van der Waals surface area (Å²) in [6.45, 7) is 1.48. The van der Waals surface area contributed by atoms with Crippen molar-refractivity contribution in [2.75, 3.05) is 12.0 Å². The van der Waals surface area contributed by atoms with Gasteiger partial charge in [-0.2, -0.15) is 0 Å². The molecule has 0 radical (unpaired) electrons. The van der Waals surface area contributed by atoms with Crippen LogP contribution in [0.3, 0.4) is 0 Å². The number of amides is 1. The Labute approximate surface area is 90.4 Å². The minimum atomic E-state index is -0.275. The van der Waals surface area contributed by atoms with Crippen molar-refractivity contribution in [3.63, 3.8) is 0 Å². The van der Waals surface area contributed by atoms with Gasteiger partial charge in [0.15, 0.2) is 0 Å². The molecule has 1 fully saturated rings. The molecule has 1 aromatic heterocycles. The highest BCUT2D eigenvalue weighted by Crippen LogP contribution is 2.22. The van der Waals surface area contributed by atoms with E-state index in [2.05, 4.69) is 15.6 Å². The Balaban J connectivity index is 1.94. The van der Waals surface area contributed by atoms with E-state index in [1.54, 1.807) is 0 Å². The quantitative estimate of drug-likeness (QED) is 0.445. The fourth-order valence-electron chi connectivity index (χ4n) is 1.50. The molecule has 1 unspecified atom stereocenters. The third kappa shape index (κ3) is 2.06. The molecule has 1 aliphatic rings. The molecule has 2 heterocycles. The molecule has 1 saturated heterocycles. The van der Waals surface area contributed by atoms with Crippen molar-refractivity contribution in [1.82, 2.24) is 15.1 Å². The second-order valence-electron chi connectivity index (χ2n) is 3.32. The molecular weight excluding hydrogens is 216 g/mol. The second-order valence-corrected chi connectivity index (χ2v) is 4.38. The Kier molecular flexibility index (Phi) is 2.80. The molecule has 8 heteroatoms. The molecule has 2 rings (SSSR count). The van der Waals surface area contributed by atoms with Crippen molar-refractivity contribution in [1.29, 1.82) is 0 Å². The van der Waals surface area contributed by atoms with Gasteiger partial charge >= 0.3 is 0 Å². The van der Waals surface area contributed by atoms with Crippen LogP contribution >= 0.6 is 11.3 Å². The maximum Gasteiger partial charge on any atom is 0.234 e. The van der Waals surface area contributed by atoms with E-state index in [0.717, 1.165) is 18.0 Å². The molecule has 1 aromatic rings. The lowest BCUT2D eigenvalue weighted by atomic mass is 10.0. The van der Waals surface area contributed by atoms with E-state index in [0.29, 0.717) is 11.7 Å². The van der Waals surface area contributed by atoms with Crippen LogP contribution in [-0.2, 0) is 11.3 Å². The number of anilines is 1. The molecule has 15 heavy (non-hydrogen) atoms. The molecule has 7 nitrogen and oxygen atoms in total. The number of nitrogens with one attached hydrogen (secondary N) is 1. The number of carbonyl (C=O) groups excluding carboxylic acids is 1. The standard InChI is InChI=1S/C7H12N6OS/c8-6(14)4-1-2-13(4)3-5-11-12-7(10-9)15-5/h4H,1-3,9H2,(H2,8,14)(H,10,12). The summed E-state index contributed by atoms with van der Waals surface area (Å²) in [5.74, 6) is 4.91. The van der Waals surface area contributed by atoms with Crippen molar-refractivity contribution in [3.8, 4) is 0 Å². The smallest absolute Gasteiger partial charge is 0.234 e. The highest BCUT2D eigenvalue weighted by Gasteiger charge is 2.32. The predicted molar refractivity (Wildman–Crippen MR) is 55.7 cm³/mol. The van der Waals surface area contributed by atoms with Crippen LogP contribution < -0.4 is 17.0 Å². The maximum atomic E-state index is 11.0. The van der Waals surface area contributed by atoms with Crippen molar-refractivity contribution in [2.24, 2.45) is 11.6 Å². The molecule has 0 saturated carbocycles. The molecular formula is C7H12N6OS. The van der Waals surface area contributed by atoms with E-state index in [1.807, 2.05) is 4.90 Å². The summed E-state index contributed by atoms with van der Waals surface area (Å²) in [6, 6.07) is -0.150. The fourth-order valence-corrected chi connectivity index (χ4v) is 2.18. The van der Waals surface area contributed by atoms with Gasteiger partial charge in [0.1, 0.15) is 5.01 Å². The Morgan fingerprint density at radius 3 is 2.93 bits per heavy atom. The molecule has 82 valence electrons. The van der Waals surface area contributed by atoms with Crippen LogP contribution in [0.15, 0.2) is 0 Å². The van der Waals surface area contributed by atoms with E-state index >= 15 is 0 Å². The molecule has 5 N–H and O–H groups in total. The Bertz CT molecular complexity index is 366. The highest BCUT2D eigenvalue weighted by atomic mass is 32.1. The lowest BCUT2D eigenvalue weighted by Crippen LogP contribution is -2.54. The van der Waals surface area contributed by atoms with Gasteiger partial charge in [0.2, 0.25) is 11.0 Å². The number of carbonyl (C=O) groups is 1. The zero-order chi connectivity index (χ0) is 10.8. The summed E-state index contributed by atoms with van der Waals surface area (Å²) < 4.78 is 0. The number of primary amides is 1. The summed E-state index contributed by atoms with van der Waals surface area (Å²) in [5.41, 5.74) is 7.65. The Hall–Kier alpha value is -1.25. The van der Waals surface area contributed by atoms with Crippen LogP contribution in [0.4, 0.5) is 5.13 Å². The van der Waals surface area contributed by atoms with Crippen LogP contribution in [0, 0.1) is 0 Å². The van der Waals surface area contributed by atoms with Crippen molar-refractivity contribution in [2.45, 2.75) is 19.0 Å². The first kappa shape index (κ1) is 10.3. The molecule has 1 aliphatic heterocycles. The molecule has 1 atom stereocenters. The van der Waals surface area contributed by atoms with Crippen LogP contribution in [0.5, 0.6) is 0 Å². The van der Waals surface area contributed by atoms with Gasteiger partial charge in [-0.25, -0.2) is 5.84 Å². The topological polar surface area (TPSA) is 110 Å². The number of likely N-dealkylation sites (tertiary alicyclic amines) is 1. The monoisotopic (exact) mass is 228 g/mol. The summed E-state index contributed by atoms with van der Waals surface area (Å²) in [4.78, 5) is 12.9. The van der Waals surface area contributed by atoms with E-state index in [-0.39, 0.29) is 11.9 Å². The minimum Gasteiger partial charge on any atom is -0.368 e. The van der Waals surface area contributed by atoms with Gasteiger partial charge < -0.3 is 5.73 Å². The third-order valence-electron chi connectivity index (χ3n) is 2.39. The van der Waals surface area contributed by atoms with Crippen LogP contribution in [0.2, 0.25) is 0 Å². The number of hydrazine groups is 1.